The molecular weight excluding hydrogens is 357 g/mol. The number of thiophene rings is 1. The number of para-hydroxylation sites is 1. The zero-order valence-electron chi connectivity index (χ0n) is 11.7. The van der Waals surface area contributed by atoms with E-state index in [4.69, 9.17) is 23.2 Å². The zero-order chi connectivity index (χ0) is 16.4. The van der Waals surface area contributed by atoms with E-state index in [2.05, 4.69) is 15.8 Å². The van der Waals surface area contributed by atoms with E-state index in [1.807, 2.05) is 24.3 Å². The average Bonchev–Trinajstić information content (AvgIpc) is 3.08. The number of amides is 2. The van der Waals surface area contributed by atoms with Crippen molar-refractivity contribution in [3.05, 3.63) is 56.3 Å². The third-order valence-electron chi connectivity index (χ3n) is 3.24. The molecule has 0 aliphatic carbocycles. The van der Waals surface area contributed by atoms with E-state index in [1.54, 1.807) is 6.20 Å². The quantitative estimate of drug-likeness (QED) is 0.619. The lowest BCUT2D eigenvalue weighted by atomic mass is 10.1. The van der Waals surface area contributed by atoms with Gasteiger partial charge in [-0.2, -0.15) is 0 Å². The molecule has 5 nitrogen and oxygen atoms in total. The van der Waals surface area contributed by atoms with Crippen molar-refractivity contribution in [2.75, 3.05) is 0 Å². The molecular formula is C15H11Cl2N3O2S. The van der Waals surface area contributed by atoms with E-state index in [-0.39, 0.29) is 22.2 Å². The lowest BCUT2D eigenvalue weighted by Crippen LogP contribution is -2.42. The Balaban J connectivity index is 1.61. The number of carbonyl (C=O) groups excluding carboxylic acids is 2. The number of carbonyl (C=O) groups is 2. The number of nitrogens with one attached hydrogen (secondary N) is 3. The molecule has 0 aliphatic heterocycles. The Morgan fingerprint density at radius 3 is 2.70 bits per heavy atom. The maximum Gasteiger partial charge on any atom is 0.272 e. The maximum absolute atomic E-state index is 12.0. The van der Waals surface area contributed by atoms with Crippen LogP contribution < -0.4 is 10.9 Å². The van der Waals surface area contributed by atoms with Crippen LogP contribution >= 0.6 is 34.5 Å². The summed E-state index contributed by atoms with van der Waals surface area (Å²) < 4.78 is 0.684. The first-order valence-electron chi connectivity index (χ1n) is 6.63. The van der Waals surface area contributed by atoms with Gasteiger partial charge in [-0.3, -0.25) is 20.4 Å². The topological polar surface area (TPSA) is 74.0 Å². The number of hydrogen-bond donors (Lipinski definition) is 3. The van der Waals surface area contributed by atoms with Gasteiger partial charge in [0.2, 0.25) is 5.91 Å². The Morgan fingerprint density at radius 2 is 1.96 bits per heavy atom. The molecule has 0 bridgehead atoms. The van der Waals surface area contributed by atoms with E-state index in [9.17, 15) is 9.59 Å². The van der Waals surface area contributed by atoms with E-state index >= 15 is 0 Å². The summed E-state index contributed by atoms with van der Waals surface area (Å²) in [5.74, 6) is -0.842. The molecule has 0 spiro atoms. The lowest BCUT2D eigenvalue weighted by Gasteiger charge is -2.06. The minimum Gasteiger partial charge on any atom is -0.361 e. The van der Waals surface area contributed by atoms with Crippen molar-refractivity contribution >= 4 is 57.3 Å². The summed E-state index contributed by atoms with van der Waals surface area (Å²) in [5.41, 5.74) is 6.74. The Labute approximate surface area is 145 Å². The minimum atomic E-state index is -0.509. The number of fused-ring (bicyclic) bond motifs is 1. The van der Waals surface area contributed by atoms with Gasteiger partial charge in [-0.25, -0.2) is 0 Å². The average molecular weight is 368 g/mol. The summed E-state index contributed by atoms with van der Waals surface area (Å²) in [6, 6.07) is 9.14. The minimum absolute atomic E-state index is 0.141. The Morgan fingerprint density at radius 1 is 1.17 bits per heavy atom. The zero-order valence-corrected chi connectivity index (χ0v) is 14.0. The van der Waals surface area contributed by atoms with E-state index < -0.39 is 5.91 Å². The van der Waals surface area contributed by atoms with Gasteiger partial charge in [0.15, 0.2) is 0 Å². The molecule has 8 heteroatoms. The molecule has 0 unspecified atom stereocenters. The van der Waals surface area contributed by atoms with Crippen LogP contribution in [0.15, 0.2) is 36.5 Å². The normalized spacial score (nSPS) is 10.7. The second-order valence-electron chi connectivity index (χ2n) is 4.78. The van der Waals surface area contributed by atoms with Gasteiger partial charge < -0.3 is 4.98 Å². The van der Waals surface area contributed by atoms with Gasteiger partial charge in [-0.05, 0) is 17.7 Å². The van der Waals surface area contributed by atoms with Gasteiger partial charge in [0, 0.05) is 17.1 Å². The number of aromatic nitrogens is 1. The number of aromatic amines is 1. The van der Waals surface area contributed by atoms with E-state index in [1.165, 1.54) is 6.07 Å². The molecule has 2 aromatic heterocycles. The van der Waals surface area contributed by atoms with Gasteiger partial charge in [-0.1, -0.05) is 41.4 Å². The van der Waals surface area contributed by atoms with Crippen LogP contribution in [0.1, 0.15) is 15.9 Å². The van der Waals surface area contributed by atoms with Crippen molar-refractivity contribution in [3.8, 4) is 0 Å². The fourth-order valence-electron chi connectivity index (χ4n) is 2.18. The van der Waals surface area contributed by atoms with Crippen LogP contribution in [0, 0.1) is 0 Å². The molecule has 23 heavy (non-hydrogen) atoms. The Bertz CT molecular complexity index is 888. The molecule has 0 radical (unpaired) electrons. The molecule has 3 aromatic rings. The molecule has 0 saturated heterocycles. The van der Waals surface area contributed by atoms with Crippen LogP contribution in [0.25, 0.3) is 10.9 Å². The van der Waals surface area contributed by atoms with Crippen LogP contribution in [-0.2, 0) is 11.2 Å². The SMILES string of the molecule is O=C(Cc1c[nH]c2ccccc12)NNC(=O)c1cc(Cl)sc1Cl. The predicted molar refractivity (Wildman–Crippen MR) is 92.0 cm³/mol. The molecule has 118 valence electrons. The number of hydrogen-bond acceptors (Lipinski definition) is 3. The van der Waals surface area contributed by atoms with Crippen molar-refractivity contribution in [2.45, 2.75) is 6.42 Å². The van der Waals surface area contributed by atoms with Crippen LogP contribution in [-0.4, -0.2) is 16.8 Å². The third kappa shape index (κ3) is 3.50. The summed E-state index contributed by atoms with van der Waals surface area (Å²) in [6.07, 6.45) is 1.92. The lowest BCUT2D eigenvalue weighted by molar-refractivity contribution is -0.121. The molecule has 2 amide bonds. The third-order valence-corrected chi connectivity index (χ3v) is 4.73. The second-order valence-corrected chi connectivity index (χ2v) is 7.06. The van der Waals surface area contributed by atoms with Crippen LogP contribution in [0.4, 0.5) is 0 Å². The van der Waals surface area contributed by atoms with Crippen molar-refractivity contribution in [3.63, 3.8) is 0 Å². The van der Waals surface area contributed by atoms with Crippen molar-refractivity contribution in [2.24, 2.45) is 0 Å². The highest BCUT2D eigenvalue weighted by Gasteiger charge is 2.15. The largest absolute Gasteiger partial charge is 0.361 e. The van der Waals surface area contributed by atoms with Gasteiger partial charge in [0.05, 0.1) is 16.3 Å². The maximum atomic E-state index is 12.0. The van der Waals surface area contributed by atoms with Crippen LogP contribution in [0.2, 0.25) is 8.67 Å². The predicted octanol–water partition coefficient (Wildman–Crippen LogP) is 3.54. The molecule has 3 N–H and O–H groups in total. The smallest absolute Gasteiger partial charge is 0.272 e. The Hall–Kier alpha value is -2.02. The number of H-pyrrole nitrogens is 1. The number of rotatable bonds is 3. The molecule has 0 fully saturated rings. The van der Waals surface area contributed by atoms with Gasteiger partial charge in [-0.15, -0.1) is 11.3 Å². The molecule has 3 rings (SSSR count). The van der Waals surface area contributed by atoms with E-state index in [0.717, 1.165) is 27.8 Å². The van der Waals surface area contributed by atoms with Crippen LogP contribution in [0.3, 0.4) is 0 Å². The molecule has 0 aliphatic rings. The molecule has 1 aromatic carbocycles. The van der Waals surface area contributed by atoms with Crippen molar-refractivity contribution in [1.82, 2.24) is 15.8 Å². The first-order chi connectivity index (χ1) is 11.0. The summed E-state index contributed by atoms with van der Waals surface area (Å²) in [4.78, 5) is 27.0. The summed E-state index contributed by atoms with van der Waals surface area (Å²) in [7, 11) is 0. The standard InChI is InChI=1S/C15H11Cl2N3O2S/c16-12-6-10(14(17)23-12)15(22)20-19-13(21)5-8-7-18-11-4-2-1-3-9(8)11/h1-4,6-7,18H,5H2,(H,19,21)(H,20,22). The van der Waals surface area contributed by atoms with Gasteiger partial charge in [0.25, 0.3) is 5.91 Å². The Kier molecular flexibility index (Phi) is 4.56. The summed E-state index contributed by atoms with van der Waals surface area (Å²) in [5, 5.41) is 0.974. The first-order valence-corrected chi connectivity index (χ1v) is 8.21. The van der Waals surface area contributed by atoms with Crippen molar-refractivity contribution < 1.29 is 9.59 Å². The second kappa shape index (κ2) is 6.62. The molecule has 0 saturated carbocycles. The molecule has 0 atom stereocenters. The number of halogens is 2. The highest BCUT2D eigenvalue weighted by atomic mass is 35.5. The highest BCUT2D eigenvalue weighted by molar-refractivity contribution is 7.20. The first kappa shape index (κ1) is 15.9. The van der Waals surface area contributed by atoms with E-state index in [0.29, 0.717) is 4.34 Å². The van der Waals surface area contributed by atoms with Gasteiger partial charge in [0.1, 0.15) is 4.34 Å². The summed E-state index contributed by atoms with van der Waals surface area (Å²) >= 11 is 12.8. The van der Waals surface area contributed by atoms with Crippen molar-refractivity contribution in [1.29, 1.82) is 0 Å². The molecule has 2 heterocycles. The summed E-state index contributed by atoms with van der Waals surface area (Å²) in [6.45, 7) is 0. The van der Waals surface area contributed by atoms with Gasteiger partial charge >= 0.3 is 0 Å². The monoisotopic (exact) mass is 367 g/mol. The fourth-order valence-corrected chi connectivity index (χ4v) is 3.64. The highest BCUT2D eigenvalue weighted by Crippen LogP contribution is 2.30. The number of benzene rings is 1. The fraction of sp³-hybridized carbons (Fsp3) is 0.0667. The number of hydrazine groups is 1. The van der Waals surface area contributed by atoms with Crippen LogP contribution in [0.5, 0.6) is 0 Å².